The number of anilines is 1. The molecule has 2 aliphatic rings. The van der Waals surface area contributed by atoms with Crippen LogP contribution < -0.4 is 9.64 Å². The summed E-state index contributed by atoms with van der Waals surface area (Å²) in [5, 5.41) is 13.1. The molecule has 2 fully saturated rings. The maximum atomic E-state index is 13.6. The second-order valence-electron chi connectivity index (χ2n) is 11.3. The number of ether oxygens (including phenoxy) is 2. The van der Waals surface area contributed by atoms with Gasteiger partial charge in [-0.15, -0.1) is 0 Å². The molecule has 2 atom stereocenters. The van der Waals surface area contributed by atoms with E-state index >= 15 is 0 Å². The first-order valence-electron chi connectivity index (χ1n) is 14.5. The van der Waals surface area contributed by atoms with E-state index in [0.29, 0.717) is 46.1 Å². The third-order valence-corrected chi connectivity index (χ3v) is 8.30. The SMILES string of the molecule is COc1ccc(-c2cc(C(=O)O)on2)cc1-c1ccc(N2CCC2)nc1CN1C(=O)O[C@H](c2cc(C(F)(F)F)cc(C(F)(F)F)c2)[C@@H]1C. The molecule has 0 unspecified atom stereocenters. The molecule has 0 spiro atoms. The van der Waals surface area contributed by atoms with Crippen LogP contribution in [0.2, 0.25) is 0 Å². The first-order valence-corrected chi connectivity index (χ1v) is 14.5. The molecule has 4 aromatic rings. The van der Waals surface area contributed by atoms with E-state index in [4.69, 9.17) is 19.0 Å². The predicted molar refractivity (Wildman–Crippen MR) is 156 cm³/mol. The number of nitrogens with zero attached hydrogens (tertiary/aromatic N) is 4. The van der Waals surface area contributed by atoms with E-state index in [9.17, 15) is 41.0 Å². The van der Waals surface area contributed by atoms with Crippen molar-refractivity contribution in [2.24, 2.45) is 0 Å². The highest BCUT2D eigenvalue weighted by Crippen LogP contribution is 2.42. The second kappa shape index (κ2) is 12.1. The third-order valence-electron chi connectivity index (χ3n) is 8.30. The number of alkyl halides is 6. The standard InChI is InChI=1S/C32H26F6N4O6/c1-16-28(18-10-19(31(33,34)35)13-20(11-18)32(36,37)38)47-30(45)42(16)15-24-21(5-7-27(39-24)41-8-3-9-41)22-12-17(4-6-25(22)46-2)23-14-26(29(43)44)48-40-23/h4-7,10-14,16,28H,3,8-9,15H2,1-2H3,(H,43,44)/t16-,28-/m0/s1. The van der Waals surface area contributed by atoms with Crippen molar-refractivity contribution in [2.75, 3.05) is 25.1 Å². The minimum absolute atomic E-state index is 0.0171. The van der Waals surface area contributed by atoms with Crippen molar-refractivity contribution in [3.63, 3.8) is 0 Å². The number of carbonyl (C=O) groups is 2. The Hall–Kier alpha value is -5.28. The Kier molecular flexibility index (Phi) is 8.21. The van der Waals surface area contributed by atoms with Gasteiger partial charge in [-0.3, -0.25) is 4.90 Å². The van der Waals surface area contributed by atoms with Gasteiger partial charge in [-0.25, -0.2) is 14.6 Å². The quantitative estimate of drug-likeness (QED) is 0.190. The highest BCUT2D eigenvalue weighted by atomic mass is 19.4. The Bertz CT molecular complexity index is 1860. The predicted octanol–water partition coefficient (Wildman–Crippen LogP) is 7.44. The lowest BCUT2D eigenvalue weighted by Gasteiger charge is -2.33. The zero-order valence-electron chi connectivity index (χ0n) is 25.2. The number of methoxy groups -OCH3 is 1. The summed E-state index contributed by atoms with van der Waals surface area (Å²) in [5.74, 6) is -0.690. The van der Waals surface area contributed by atoms with Gasteiger partial charge in [0.15, 0.2) is 0 Å². The fourth-order valence-corrected chi connectivity index (χ4v) is 5.63. The van der Waals surface area contributed by atoms with E-state index < -0.39 is 53.3 Å². The van der Waals surface area contributed by atoms with Gasteiger partial charge in [0.1, 0.15) is 23.4 Å². The van der Waals surface area contributed by atoms with Gasteiger partial charge in [0.25, 0.3) is 0 Å². The molecule has 2 saturated heterocycles. The van der Waals surface area contributed by atoms with Gasteiger partial charge < -0.3 is 24.0 Å². The smallest absolute Gasteiger partial charge is 0.416 e. The molecule has 2 aromatic carbocycles. The number of carboxylic acid groups (broad SMARTS) is 1. The molecule has 48 heavy (non-hydrogen) atoms. The Balaban J connectivity index is 1.39. The molecular weight excluding hydrogens is 650 g/mol. The Morgan fingerprint density at radius 3 is 2.23 bits per heavy atom. The molecule has 252 valence electrons. The van der Waals surface area contributed by atoms with E-state index in [0.717, 1.165) is 19.5 Å². The molecule has 2 aliphatic heterocycles. The molecule has 10 nitrogen and oxygen atoms in total. The van der Waals surface area contributed by atoms with Crippen LogP contribution in [0.4, 0.5) is 37.0 Å². The number of amides is 1. The normalized spacial score (nSPS) is 18.1. The van der Waals surface area contributed by atoms with Crippen molar-refractivity contribution in [1.82, 2.24) is 15.0 Å². The number of hydrogen-bond acceptors (Lipinski definition) is 8. The van der Waals surface area contributed by atoms with E-state index in [1.165, 1.54) is 25.0 Å². The number of carbonyl (C=O) groups excluding carboxylic acids is 1. The summed E-state index contributed by atoms with van der Waals surface area (Å²) in [4.78, 5) is 32.6. The number of halogens is 6. The lowest BCUT2D eigenvalue weighted by atomic mass is 9.96. The van der Waals surface area contributed by atoms with Gasteiger partial charge in [-0.05, 0) is 67.4 Å². The van der Waals surface area contributed by atoms with E-state index in [1.54, 1.807) is 30.3 Å². The van der Waals surface area contributed by atoms with Crippen LogP contribution in [-0.4, -0.2) is 58.5 Å². The van der Waals surface area contributed by atoms with Gasteiger partial charge >= 0.3 is 24.4 Å². The summed E-state index contributed by atoms with van der Waals surface area (Å²) < 4.78 is 97.5. The van der Waals surface area contributed by atoms with E-state index in [1.807, 2.05) is 4.90 Å². The monoisotopic (exact) mass is 676 g/mol. The molecule has 16 heteroatoms. The molecule has 2 aromatic heterocycles. The lowest BCUT2D eigenvalue weighted by molar-refractivity contribution is -0.143. The zero-order chi connectivity index (χ0) is 34.5. The average Bonchev–Trinajstić information content (AvgIpc) is 3.61. The molecule has 1 amide bonds. The summed E-state index contributed by atoms with van der Waals surface area (Å²) >= 11 is 0. The molecule has 6 rings (SSSR count). The Morgan fingerprint density at radius 1 is 0.979 bits per heavy atom. The Labute approximate surface area is 268 Å². The van der Waals surface area contributed by atoms with Gasteiger partial charge in [0, 0.05) is 35.8 Å². The molecule has 0 bridgehead atoms. The molecule has 4 heterocycles. The van der Waals surface area contributed by atoms with Crippen LogP contribution in [0.1, 0.15) is 52.4 Å². The summed E-state index contributed by atoms with van der Waals surface area (Å²) in [7, 11) is 1.44. The molecule has 1 N–H and O–H groups in total. The molecule has 0 saturated carbocycles. The van der Waals surface area contributed by atoms with Crippen molar-refractivity contribution in [1.29, 1.82) is 0 Å². The average molecular weight is 677 g/mol. The van der Waals surface area contributed by atoms with Crippen LogP contribution in [0.5, 0.6) is 5.75 Å². The van der Waals surface area contributed by atoms with Crippen LogP contribution >= 0.6 is 0 Å². The number of cyclic esters (lactones) is 1. The Morgan fingerprint density at radius 2 is 1.67 bits per heavy atom. The van der Waals surface area contributed by atoms with E-state index in [2.05, 4.69) is 5.16 Å². The van der Waals surface area contributed by atoms with E-state index in [-0.39, 0.29) is 24.1 Å². The van der Waals surface area contributed by atoms with Gasteiger partial charge in [-0.2, -0.15) is 26.3 Å². The van der Waals surface area contributed by atoms with Crippen molar-refractivity contribution in [3.05, 3.63) is 82.7 Å². The first-order chi connectivity index (χ1) is 22.6. The topological polar surface area (TPSA) is 118 Å². The number of aromatic nitrogens is 2. The molecule has 0 aliphatic carbocycles. The maximum Gasteiger partial charge on any atom is 0.416 e. The maximum absolute atomic E-state index is 13.6. The fraction of sp³-hybridized carbons (Fsp3) is 0.312. The molecule has 0 radical (unpaired) electrons. The van der Waals surface area contributed by atoms with Gasteiger partial charge in [0.2, 0.25) is 5.76 Å². The summed E-state index contributed by atoms with van der Waals surface area (Å²) in [6, 6.07) is 9.85. The third kappa shape index (κ3) is 6.21. The second-order valence-corrected chi connectivity index (χ2v) is 11.3. The summed E-state index contributed by atoms with van der Waals surface area (Å²) in [6.45, 7) is 2.72. The highest BCUT2D eigenvalue weighted by molar-refractivity contribution is 5.86. The van der Waals surface area contributed by atoms with Gasteiger partial charge in [-0.1, -0.05) is 5.16 Å². The van der Waals surface area contributed by atoms with Crippen molar-refractivity contribution < 1.29 is 55.0 Å². The first kappa shape index (κ1) is 32.7. The van der Waals surface area contributed by atoms with Crippen molar-refractivity contribution in [2.45, 2.75) is 44.4 Å². The number of aromatic carboxylic acids is 1. The van der Waals surface area contributed by atoms with Crippen LogP contribution in [-0.2, 0) is 23.6 Å². The summed E-state index contributed by atoms with van der Waals surface area (Å²) in [5.41, 5.74) is -1.49. The van der Waals surface area contributed by atoms with Crippen LogP contribution in [0.25, 0.3) is 22.4 Å². The van der Waals surface area contributed by atoms with Crippen LogP contribution in [0.3, 0.4) is 0 Å². The lowest BCUT2D eigenvalue weighted by Crippen LogP contribution is -2.38. The number of carboxylic acids is 1. The van der Waals surface area contributed by atoms with Gasteiger partial charge in [0.05, 0.1) is 36.5 Å². The molecular formula is C32H26F6N4O6. The van der Waals surface area contributed by atoms with Crippen molar-refractivity contribution in [3.8, 4) is 28.1 Å². The van der Waals surface area contributed by atoms with Crippen LogP contribution in [0, 0.1) is 0 Å². The highest BCUT2D eigenvalue weighted by Gasteiger charge is 2.43. The largest absolute Gasteiger partial charge is 0.496 e. The number of rotatable bonds is 8. The number of pyridine rings is 1. The number of benzene rings is 2. The minimum Gasteiger partial charge on any atom is -0.496 e. The summed E-state index contributed by atoms with van der Waals surface area (Å²) in [6.07, 6.45) is -11.6. The van der Waals surface area contributed by atoms with Crippen LogP contribution in [0.15, 0.2) is 59.1 Å². The minimum atomic E-state index is -5.08. The fourth-order valence-electron chi connectivity index (χ4n) is 5.63. The number of hydrogen-bond donors (Lipinski definition) is 1. The zero-order valence-corrected chi connectivity index (χ0v) is 25.2. The van der Waals surface area contributed by atoms with Crippen molar-refractivity contribution >= 4 is 17.9 Å².